The number of carbonyl (C=O) groups excluding carboxylic acids is 3. The zero-order chi connectivity index (χ0) is 14.7. The molecule has 0 radical (unpaired) electrons. The quantitative estimate of drug-likeness (QED) is 0.224. The van der Waals surface area contributed by atoms with Gasteiger partial charge in [-0.05, 0) is 6.42 Å². The Hall–Kier alpha value is -2.21. The van der Waals surface area contributed by atoms with E-state index in [1.54, 1.807) is 0 Å². The molecule has 8 nitrogen and oxygen atoms in total. The molecule has 1 N–H and O–H groups in total. The molecule has 8 heteroatoms. The number of methoxy groups -OCH3 is 1. The number of ether oxygens (including phenoxy) is 2. The van der Waals surface area contributed by atoms with Crippen LogP contribution in [-0.2, 0) is 19.1 Å². The number of esters is 1. The monoisotopic (exact) mass is 271 g/mol. The van der Waals surface area contributed by atoms with Crippen molar-refractivity contribution in [2.24, 2.45) is 0 Å². The molecule has 0 bridgehead atoms. The van der Waals surface area contributed by atoms with E-state index < -0.39 is 23.9 Å². The van der Waals surface area contributed by atoms with E-state index in [9.17, 15) is 14.4 Å². The molecular weight excluding hydrogens is 254 g/mol. The van der Waals surface area contributed by atoms with Gasteiger partial charge in [0.2, 0.25) is 5.78 Å². The highest BCUT2D eigenvalue weighted by Gasteiger charge is 2.25. The van der Waals surface area contributed by atoms with Crippen molar-refractivity contribution in [2.45, 2.75) is 32.2 Å². The fourth-order valence-electron chi connectivity index (χ4n) is 1.15. The molecule has 0 aliphatic carbocycles. The predicted molar refractivity (Wildman–Crippen MR) is 64.5 cm³/mol. The van der Waals surface area contributed by atoms with Crippen molar-refractivity contribution in [3.05, 3.63) is 5.53 Å². The largest absolute Gasteiger partial charge is 0.467 e. The molecule has 1 atom stereocenters. The van der Waals surface area contributed by atoms with Crippen molar-refractivity contribution in [1.82, 2.24) is 5.32 Å². The van der Waals surface area contributed by atoms with Gasteiger partial charge >= 0.3 is 18.3 Å². The molecule has 0 saturated heterocycles. The summed E-state index contributed by atoms with van der Waals surface area (Å²) in [6, 6.07) is -1.18. The van der Waals surface area contributed by atoms with E-state index in [2.05, 4.69) is 14.8 Å². The van der Waals surface area contributed by atoms with Crippen LogP contribution in [0.25, 0.3) is 5.53 Å². The highest BCUT2D eigenvalue weighted by atomic mass is 16.6. The summed E-state index contributed by atoms with van der Waals surface area (Å²) in [6.45, 7) is 2.16. The smallest absolute Gasteiger partial charge is 0.407 e. The maximum atomic E-state index is 11.4. The number of rotatable bonds is 8. The SMILES string of the molecule is CCCCOC(=O)NC(CC(=O)C=[N+]=[N-])C(=O)OC. The molecule has 1 amide bonds. The summed E-state index contributed by atoms with van der Waals surface area (Å²) in [7, 11) is 1.13. The molecule has 19 heavy (non-hydrogen) atoms. The third-order valence-corrected chi connectivity index (χ3v) is 2.12. The summed E-state index contributed by atoms with van der Waals surface area (Å²) in [5.41, 5.74) is 8.19. The minimum absolute atomic E-state index is 0.224. The number of nitrogens with zero attached hydrogens (tertiary/aromatic N) is 2. The fourth-order valence-corrected chi connectivity index (χ4v) is 1.15. The van der Waals surface area contributed by atoms with E-state index in [4.69, 9.17) is 10.3 Å². The van der Waals surface area contributed by atoms with Crippen molar-refractivity contribution < 1.29 is 28.6 Å². The van der Waals surface area contributed by atoms with Crippen LogP contribution in [0.15, 0.2) is 0 Å². The van der Waals surface area contributed by atoms with Crippen LogP contribution < -0.4 is 5.32 Å². The number of Topliss-reactive ketones (excluding diaryl/α,β-unsaturated/α-hetero) is 1. The van der Waals surface area contributed by atoms with Crippen LogP contribution in [0.1, 0.15) is 26.2 Å². The lowest BCUT2D eigenvalue weighted by atomic mass is 10.1. The summed E-state index contributed by atoms with van der Waals surface area (Å²) < 4.78 is 9.25. The zero-order valence-corrected chi connectivity index (χ0v) is 10.9. The topological polar surface area (TPSA) is 118 Å². The van der Waals surface area contributed by atoms with Gasteiger partial charge in [0.05, 0.1) is 13.7 Å². The molecule has 0 saturated carbocycles. The average Bonchev–Trinajstić information content (AvgIpc) is 2.37. The molecule has 106 valence electrons. The van der Waals surface area contributed by atoms with Gasteiger partial charge < -0.3 is 20.3 Å². The molecule has 0 aliphatic heterocycles. The molecule has 1 unspecified atom stereocenters. The number of unbranched alkanes of at least 4 members (excludes halogenated alkanes) is 1. The Kier molecular flexibility index (Phi) is 8.64. The van der Waals surface area contributed by atoms with E-state index in [0.717, 1.165) is 13.5 Å². The maximum absolute atomic E-state index is 11.4. The number of alkyl carbamates (subject to hydrolysis) is 1. The van der Waals surface area contributed by atoms with Gasteiger partial charge in [0.1, 0.15) is 6.04 Å². The third-order valence-electron chi connectivity index (χ3n) is 2.12. The maximum Gasteiger partial charge on any atom is 0.407 e. The fraction of sp³-hybridized carbons (Fsp3) is 0.636. The summed E-state index contributed by atoms with van der Waals surface area (Å²) in [5, 5.41) is 2.22. The normalized spacial score (nSPS) is 10.8. The number of hydrogen-bond acceptors (Lipinski definition) is 5. The van der Waals surface area contributed by atoms with Crippen LogP contribution >= 0.6 is 0 Å². The summed E-state index contributed by atoms with van der Waals surface area (Å²) in [6.07, 6.45) is 1.02. The van der Waals surface area contributed by atoms with Gasteiger partial charge in [0.15, 0.2) is 0 Å². The average molecular weight is 271 g/mol. The van der Waals surface area contributed by atoms with E-state index in [-0.39, 0.29) is 13.0 Å². The second-order valence-corrected chi connectivity index (χ2v) is 3.62. The lowest BCUT2D eigenvalue weighted by Gasteiger charge is -2.14. The van der Waals surface area contributed by atoms with Crippen LogP contribution in [0, 0.1) is 0 Å². The van der Waals surface area contributed by atoms with Gasteiger partial charge in [-0.15, -0.1) is 0 Å². The number of amides is 1. The Labute approximate surface area is 110 Å². The summed E-state index contributed by atoms with van der Waals surface area (Å²) in [4.78, 5) is 36.5. The van der Waals surface area contributed by atoms with Gasteiger partial charge in [-0.3, -0.25) is 4.79 Å². The van der Waals surface area contributed by atoms with Crippen LogP contribution in [0.3, 0.4) is 0 Å². The predicted octanol–water partition coefficient (Wildman–Crippen LogP) is 0.314. The van der Waals surface area contributed by atoms with Gasteiger partial charge in [-0.25, -0.2) is 9.59 Å². The highest BCUT2D eigenvalue weighted by molar-refractivity contribution is 6.26. The Bertz CT molecular complexity index is 377. The molecule has 0 aromatic heterocycles. The number of ketones is 1. The molecule has 0 aromatic rings. The van der Waals surface area contributed by atoms with Crippen molar-refractivity contribution in [1.29, 1.82) is 0 Å². The van der Waals surface area contributed by atoms with Crippen LogP contribution in [0.2, 0.25) is 0 Å². The van der Waals surface area contributed by atoms with Crippen molar-refractivity contribution in [3.8, 4) is 0 Å². The Morgan fingerprint density at radius 2 is 2.11 bits per heavy atom. The minimum Gasteiger partial charge on any atom is -0.467 e. The molecular formula is C11H17N3O5. The van der Waals surface area contributed by atoms with E-state index in [0.29, 0.717) is 12.6 Å². The first kappa shape index (κ1) is 16.8. The molecule has 0 spiro atoms. The van der Waals surface area contributed by atoms with E-state index in [1.165, 1.54) is 0 Å². The minimum atomic E-state index is -1.18. The Morgan fingerprint density at radius 3 is 2.63 bits per heavy atom. The van der Waals surface area contributed by atoms with Crippen molar-refractivity contribution in [2.75, 3.05) is 13.7 Å². The zero-order valence-electron chi connectivity index (χ0n) is 10.9. The van der Waals surface area contributed by atoms with Crippen molar-refractivity contribution >= 4 is 24.1 Å². The van der Waals surface area contributed by atoms with Crippen molar-refractivity contribution in [3.63, 3.8) is 0 Å². The lowest BCUT2D eigenvalue weighted by Crippen LogP contribution is -2.43. The molecule has 0 fully saturated rings. The molecule has 0 rings (SSSR count). The van der Waals surface area contributed by atoms with Crippen LogP contribution in [0.4, 0.5) is 4.79 Å². The second-order valence-electron chi connectivity index (χ2n) is 3.62. The first-order valence-corrected chi connectivity index (χ1v) is 5.76. The first-order valence-electron chi connectivity index (χ1n) is 5.76. The molecule has 0 aromatic carbocycles. The number of nitrogens with one attached hydrogen (secondary N) is 1. The number of carbonyl (C=O) groups is 3. The lowest BCUT2D eigenvalue weighted by molar-refractivity contribution is -0.144. The van der Waals surface area contributed by atoms with Gasteiger partial charge in [-0.1, -0.05) is 13.3 Å². The Balaban J connectivity index is 4.42. The second kappa shape index (κ2) is 9.78. The summed E-state index contributed by atoms with van der Waals surface area (Å²) in [5.74, 6) is -1.42. The summed E-state index contributed by atoms with van der Waals surface area (Å²) >= 11 is 0. The van der Waals surface area contributed by atoms with Gasteiger partial charge in [0, 0.05) is 6.42 Å². The standard InChI is InChI=1S/C11H17N3O5/c1-3-4-5-19-11(17)14-9(10(16)18-2)6-8(15)7-13-12/h7,9H,3-6H2,1-2H3,(H,14,17). The molecule has 0 aliphatic rings. The first-order chi connectivity index (χ1) is 9.04. The van der Waals surface area contributed by atoms with Crippen LogP contribution in [-0.4, -0.2) is 48.6 Å². The highest BCUT2D eigenvalue weighted by Crippen LogP contribution is 1.98. The third kappa shape index (κ3) is 7.67. The molecule has 0 heterocycles. The van der Waals surface area contributed by atoms with E-state index >= 15 is 0 Å². The van der Waals surface area contributed by atoms with Crippen LogP contribution in [0.5, 0.6) is 0 Å². The van der Waals surface area contributed by atoms with Gasteiger partial charge in [0.25, 0.3) is 0 Å². The Morgan fingerprint density at radius 1 is 1.42 bits per heavy atom. The van der Waals surface area contributed by atoms with E-state index in [1.807, 2.05) is 6.92 Å². The van der Waals surface area contributed by atoms with Gasteiger partial charge in [-0.2, -0.15) is 4.79 Å². The number of hydrogen-bond donors (Lipinski definition) is 1.